The standard InChI is InChI=1S/C15H22N2/c16-15-7-3-4-12(8-15)9-17-10-13-5-1-2-6-14(13)11-17/h1-2,5-6,12,15H,3-4,7-11,16H2. The van der Waals surface area contributed by atoms with Crippen molar-refractivity contribution >= 4 is 0 Å². The SMILES string of the molecule is NC1CCCC(CN2Cc3ccccc3C2)C1. The summed E-state index contributed by atoms with van der Waals surface area (Å²) >= 11 is 0. The lowest BCUT2D eigenvalue weighted by Gasteiger charge is -2.29. The van der Waals surface area contributed by atoms with Gasteiger partial charge in [0.1, 0.15) is 0 Å². The van der Waals surface area contributed by atoms with Crippen LogP contribution in [-0.4, -0.2) is 17.5 Å². The molecule has 2 aliphatic rings. The van der Waals surface area contributed by atoms with Gasteiger partial charge in [0, 0.05) is 25.7 Å². The van der Waals surface area contributed by atoms with E-state index in [-0.39, 0.29) is 0 Å². The largest absolute Gasteiger partial charge is 0.328 e. The van der Waals surface area contributed by atoms with Gasteiger partial charge in [0.2, 0.25) is 0 Å². The Kier molecular flexibility index (Phi) is 3.17. The molecule has 2 unspecified atom stereocenters. The Hall–Kier alpha value is -0.860. The van der Waals surface area contributed by atoms with Gasteiger partial charge in [-0.3, -0.25) is 4.90 Å². The summed E-state index contributed by atoms with van der Waals surface area (Å²) in [5.74, 6) is 0.827. The van der Waals surface area contributed by atoms with Gasteiger partial charge in [0.15, 0.2) is 0 Å². The molecule has 2 nitrogen and oxygen atoms in total. The van der Waals surface area contributed by atoms with E-state index in [1.54, 1.807) is 0 Å². The molecule has 1 aliphatic heterocycles. The minimum absolute atomic E-state index is 0.457. The molecule has 2 atom stereocenters. The number of nitrogens with zero attached hydrogens (tertiary/aromatic N) is 1. The van der Waals surface area contributed by atoms with Crippen molar-refractivity contribution in [2.75, 3.05) is 6.54 Å². The molecule has 0 spiro atoms. The van der Waals surface area contributed by atoms with Crippen LogP contribution in [0.3, 0.4) is 0 Å². The Labute approximate surface area is 104 Å². The summed E-state index contributed by atoms with van der Waals surface area (Å²) in [4.78, 5) is 2.59. The highest BCUT2D eigenvalue weighted by atomic mass is 15.1. The molecule has 1 aromatic carbocycles. The molecule has 1 aromatic rings. The second-order valence-corrected chi connectivity index (χ2v) is 5.73. The van der Waals surface area contributed by atoms with E-state index in [0.29, 0.717) is 6.04 Å². The van der Waals surface area contributed by atoms with E-state index in [1.807, 2.05) is 0 Å². The first-order valence-electron chi connectivity index (χ1n) is 6.86. The summed E-state index contributed by atoms with van der Waals surface area (Å²) in [5.41, 5.74) is 9.11. The van der Waals surface area contributed by atoms with E-state index in [2.05, 4.69) is 29.2 Å². The molecule has 0 bridgehead atoms. The third-order valence-corrected chi connectivity index (χ3v) is 4.25. The highest BCUT2D eigenvalue weighted by Gasteiger charge is 2.24. The van der Waals surface area contributed by atoms with Crippen molar-refractivity contribution in [1.29, 1.82) is 0 Å². The van der Waals surface area contributed by atoms with Gasteiger partial charge >= 0.3 is 0 Å². The van der Waals surface area contributed by atoms with E-state index in [0.717, 1.165) is 19.0 Å². The van der Waals surface area contributed by atoms with E-state index < -0.39 is 0 Å². The molecule has 0 amide bonds. The fourth-order valence-electron chi connectivity index (χ4n) is 3.40. The second-order valence-electron chi connectivity index (χ2n) is 5.73. The first-order valence-corrected chi connectivity index (χ1v) is 6.86. The predicted molar refractivity (Wildman–Crippen MR) is 70.5 cm³/mol. The molecular weight excluding hydrogens is 208 g/mol. The fraction of sp³-hybridized carbons (Fsp3) is 0.600. The average Bonchev–Trinajstić information content (AvgIpc) is 2.71. The molecule has 2 N–H and O–H groups in total. The normalized spacial score (nSPS) is 29.2. The van der Waals surface area contributed by atoms with Gasteiger partial charge in [-0.05, 0) is 36.3 Å². The number of nitrogens with two attached hydrogens (primary N) is 1. The first kappa shape index (κ1) is 11.2. The Balaban J connectivity index is 1.58. The predicted octanol–water partition coefficient (Wildman–Crippen LogP) is 2.52. The van der Waals surface area contributed by atoms with Crippen LogP contribution in [-0.2, 0) is 13.1 Å². The van der Waals surface area contributed by atoms with Crippen molar-refractivity contribution in [3.05, 3.63) is 35.4 Å². The molecule has 0 saturated heterocycles. The maximum atomic E-state index is 6.07. The van der Waals surface area contributed by atoms with E-state index in [9.17, 15) is 0 Å². The summed E-state index contributed by atoms with van der Waals surface area (Å²) in [5, 5.41) is 0. The molecule has 92 valence electrons. The molecule has 1 aliphatic carbocycles. The van der Waals surface area contributed by atoms with Crippen LogP contribution in [0.1, 0.15) is 36.8 Å². The van der Waals surface area contributed by atoms with Gasteiger partial charge < -0.3 is 5.73 Å². The maximum absolute atomic E-state index is 6.07. The molecule has 1 heterocycles. The van der Waals surface area contributed by atoms with Gasteiger partial charge in [0.05, 0.1) is 0 Å². The zero-order chi connectivity index (χ0) is 11.7. The number of hydrogen-bond acceptors (Lipinski definition) is 2. The van der Waals surface area contributed by atoms with Crippen LogP contribution in [0.5, 0.6) is 0 Å². The van der Waals surface area contributed by atoms with Gasteiger partial charge in [-0.25, -0.2) is 0 Å². The van der Waals surface area contributed by atoms with Crippen LogP contribution in [0.15, 0.2) is 24.3 Å². The maximum Gasteiger partial charge on any atom is 0.0240 e. The first-order chi connectivity index (χ1) is 8.31. The Bertz CT molecular complexity index is 363. The molecule has 17 heavy (non-hydrogen) atoms. The summed E-state index contributed by atoms with van der Waals surface area (Å²) in [6.07, 6.45) is 5.16. The van der Waals surface area contributed by atoms with Crippen LogP contribution >= 0.6 is 0 Å². The average molecular weight is 230 g/mol. The van der Waals surface area contributed by atoms with Crippen molar-refractivity contribution in [1.82, 2.24) is 4.90 Å². The lowest BCUT2D eigenvalue weighted by molar-refractivity contribution is 0.194. The molecule has 0 radical (unpaired) electrons. The minimum Gasteiger partial charge on any atom is -0.328 e. The molecule has 0 aromatic heterocycles. The summed E-state index contributed by atoms with van der Waals surface area (Å²) in [7, 11) is 0. The van der Waals surface area contributed by atoms with Gasteiger partial charge in [0.25, 0.3) is 0 Å². The minimum atomic E-state index is 0.457. The van der Waals surface area contributed by atoms with Gasteiger partial charge in [-0.1, -0.05) is 30.7 Å². The highest BCUT2D eigenvalue weighted by Crippen LogP contribution is 2.28. The summed E-state index contributed by atoms with van der Waals surface area (Å²) in [6.45, 7) is 3.52. The van der Waals surface area contributed by atoms with E-state index in [1.165, 1.54) is 43.4 Å². The molecule has 1 fully saturated rings. The summed E-state index contributed by atoms with van der Waals surface area (Å²) < 4.78 is 0. The Morgan fingerprint density at radius 1 is 1.12 bits per heavy atom. The van der Waals surface area contributed by atoms with E-state index in [4.69, 9.17) is 5.73 Å². The van der Waals surface area contributed by atoms with Crippen molar-refractivity contribution in [2.24, 2.45) is 11.7 Å². The zero-order valence-electron chi connectivity index (χ0n) is 10.4. The van der Waals surface area contributed by atoms with Gasteiger partial charge in [-0.2, -0.15) is 0 Å². The molecule has 2 heteroatoms. The van der Waals surface area contributed by atoms with Gasteiger partial charge in [-0.15, -0.1) is 0 Å². The monoisotopic (exact) mass is 230 g/mol. The number of rotatable bonds is 2. The Morgan fingerprint density at radius 3 is 2.47 bits per heavy atom. The molecule has 1 saturated carbocycles. The van der Waals surface area contributed by atoms with Crippen molar-refractivity contribution in [3.63, 3.8) is 0 Å². The number of fused-ring (bicyclic) bond motifs is 1. The van der Waals surface area contributed by atoms with Crippen molar-refractivity contribution in [2.45, 2.75) is 44.8 Å². The molecular formula is C15H22N2. The lowest BCUT2D eigenvalue weighted by atomic mass is 9.86. The van der Waals surface area contributed by atoms with Crippen LogP contribution < -0.4 is 5.73 Å². The molecule has 3 rings (SSSR count). The lowest BCUT2D eigenvalue weighted by Crippen LogP contribution is -2.33. The van der Waals surface area contributed by atoms with Crippen LogP contribution in [0.2, 0.25) is 0 Å². The van der Waals surface area contributed by atoms with Crippen LogP contribution in [0, 0.1) is 5.92 Å². The quantitative estimate of drug-likeness (QED) is 0.846. The zero-order valence-corrected chi connectivity index (χ0v) is 10.4. The van der Waals surface area contributed by atoms with Crippen LogP contribution in [0.25, 0.3) is 0 Å². The smallest absolute Gasteiger partial charge is 0.0240 e. The third kappa shape index (κ3) is 2.53. The highest BCUT2D eigenvalue weighted by molar-refractivity contribution is 5.30. The number of benzene rings is 1. The topological polar surface area (TPSA) is 29.3 Å². The summed E-state index contributed by atoms with van der Waals surface area (Å²) in [6, 6.07) is 9.29. The second kappa shape index (κ2) is 4.79. The van der Waals surface area contributed by atoms with Crippen LogP contribution in [0.4, 0.5) is 0 Å². The van der Waals surface area contributed by atoms with Crippen molar-refractivity contribution in [3.8, 4) is 0 Å². The number of hydrogen-bond donors (Lipinski definition) is 1. The Morgan fingerprint density at radius 2 is 1.82 bits per heavy atom. The fourth-order valence-corrected chi connectivity index (χ4v) is 3.40. The van der Waals surface area contributed by atoms with Crippen molar-refractivity contribution < 1.29 is 0 Å². The van der Waals surface area contributed by atoms with E-state index >= 15 is 0 Å². The third-order valence-electron chi connectivity index (χ3n) is 4.25.